The third kappa shape index (κ3) is 43.3. The zero-order chi connectivity index (χ0) is 44.5. The van der Waals surface area contributed by atoms with E-state index in [1.54, 1.807) is 0 Å². The molecule has 0 aliphatic heterocycles. The molecule has 0 saturated carbocycles. The van der Waals surface area contributed by atoms with Crippen molar-refractivity contribution in [1.82, 2.24) is 5.32 Å². The van der Waals surface area contributed by atoms with Crippen LogP contribution in [0.1, 0.15) is 264 Å². The van der Waals surface area contributed by atoms with E-state index < -0.39 is 36.9 Å². The maximum absolute atomic E-state index is 12.6. The van der Waals surface area contributed by atoms with Crippen LogP contribution in [0.2, 0.25) is 0 Å². The minimum Gasteiger partial charge on any atom is -0.394 e. The minimum atomic E-state index is -1.30. The molecule has 0 aromatic carbocycles. The predicted molar refractivity (Wildman–Crippen MR) is 265 cm³/mol. The Balaban J connectivity index is 3.76. The molecule has 0 saturated heterocycles. The second-order valence-electron chi connectivity index (χ2n) is 18.2. The van der Waals surface area contributed by atoms with Crippen LogP contribution in [0.5, 0.6) is 0 Å². The lowest BCUT2D eigenvalue weighted by Crippen LogP contribution is -2.53. The molecule has 0 aliphatic rings. The molecule has 0 aliphatic carbocycles. The number of nitrogens with one attached hydrogen (secondary N) is 1. The molecule has 5 N–H and O–H groups in total. The number of allylic oxidation sites excluding steroid dienone is 8. The van der Waals surface area contributed by atoms with E-state index in [2.05, 4.69) is 67.8 Å². The molecule has 358 valence electrons. The molecule has 6 heteroatoms. The Labute approximate surface area is 379 Å². The van der Waals surface area contributed by atoms with Gasteiger partial charge in [-0.1, -0.05) is 223 Å². The standard InChI is InChI=1S/C55H103NO5/c1-3-5-7-9-11-13-15-17-19-21-23-25-26-27-28-29-31-32-34-36-38-40-42-44-46-48-52(58)54(60)51(50-57)56-55(61)53(59)49-47-45-43-41-39-37-35-33-30-24-22-20-18-16-14-12-10-8-6-4-2/h27-28,30,32-34,40,42,51-54,57-60H,3-26,29,31,35-39,41,43-50H2,1-2H3,(H,56,61)/b28-27+,33-30-,34-32+,42-40+. The van der Waals surface area contributed by atoms with Gasteiger partial charge in [0.25, 0.3) is 0 Å². The Hall–Kier alpha value is -1.73. The van der Waals surface area contributed by atoms with E-state index in [0.29, 0.717) is 19.3 Å². The molecule has 0 spiro atoms. The van der Waals surface area contributed by atoms with Crippen LogP contribution in [0.25, 0.3) is 0 Å². The third-order valence-electron chi connectivity index (χ3n) is 12.2. The van der Waals surface area contributed by atoms with Crippen molar-refractivity contribution in [2.75, 3.05) is 6.61 Å². The molecule has 0 heterocycles. The summed E-state index contributed by atoms with van der Waals surface area (Å²) in [4.78, 5) is 12.6. The van der Waals surface area contributed by atoms with Crippen molar-refractivity contribution in [3.05, 3.63) is 48.6 Å². The van der Waals surface area contributed by atoms with Crippen LogP contribution in [-0.2, 0) is 4.79 Å². The van der Waals surface area contributed by atoms with Crippen LogP contribution in [0.15, 0.2) is 48.6 Å². The van der Waals surface area contributed by atoms with Gasteiger partial charge in [-0.15, -0.1) is 0 Å². The zero-order valence-corrected chi connectivity index (χ0v) is 40.4. The first-order valence-electron chi connectivity index (χ1n) is 26.5. The highest BCUT2D eigenvalue weighted by molar-refractivity contribution is 5.80. The summed E-state index contributed by atoms with van der Waals surface area (Å²) in [5.74, 6) is -0.603. The lowest BCUT2D eigenvalue weighted by molar-refractivity contribution is -0.132. The topological polar surface area (TPSA) is 110 Å². The van der Waals surface area contributed by atoms with Gasteiger partial charge in [-0.3, -0.25) is 4.79 Å². The van der Waals surface area contributed by atoms with Gasteiger partial charge in [-0.2, -0.15) is 0 Å². The van der Waals surface area contributed by atoms with E-state index in [1.165, 1.54) is 167 Å². The molecule has 6 nitrogen and oxygen atoms in total. The maximum Gasteiger partial charge on any atom is 0.249 e. The van der Waals surface area contributed by atoms with Gasteiger partial charge in [0, 0.05) is 0 Å². The monoisotopic (exact) mass is 858 g/mol. The fraction of sp³-hybridized carbons (Fsp3) is 0.836. The largest absolute Gasteiger partial charge is 0.394 e. The van der Waals surface area contributed by atoms with E-state index in [9.17, 15) is 25.2 Å². The van der Waals surface area contributed by atoms with Crippen LogP contribution in [-0.4, -0.2) is 57.3 Å². The van der Waals surface area contributed by atoms with Crippen LogP contribution in [0.3, 0.4) is 0 Å². The molecule has 4 unspecified atom stereocenters. The summed E-state index contributed by atoms with van der Waals surface area (Å²) >= 11 is 0. The highest BCUT2D eigenvalue weighted by Gasteiger charge is 2.28. The summed E-state index contributed by atoms with van der Waals surface area (Å²) in [7, 11) is 0. The van der Waals surface area contributed by atoms with Gasteiger partial charge in [0.1, 0.15) is 12.2 Å². The minimum absolute atomic E-state index is 0.351. The van der Waals surface area contributed by atoms with Crippen LogP contribution >= 0.6 is 0 Å². The summed E-state index contributed by atoms with van der Waals surface area (Å²) in [6, 6.07) is -1.02. The van der Waals surface area contributed by atoms with Crippen LogP contribution in [0, 0.1) is 0 Å². The van der Waals surface area contributed by atoms with E-state index in [4.69, 9.17) is 0 Å². The van der Waals surface area contributed by atoms with Crippen LogP contribution in [0.4, 0.5) is 0 Å². The van der Waals surface area contributed by atoms with Gasteiger partial charge >= 0.3 is 0 Å². The van der Waals surface area contributed by atoms with Crippen molar-refractivity contribution < 1.29 is 25.2 Å². The highest BCUT2D eigenvalue weighted by Crippen LogP contribution is 2.16. The Morgan fingerprint density at radius 2 is 0.689 bits per heavy atom. The van der Waals surface area contributed by atoms with Gasteiger partial charge < -0.3 is 25.7 Å². The van der Waals surface area contributed by atoms with E-state index in [-0.39, 0.29) is 0 Å². The number of carbonyl (C=O) groups excluding carboxylic acids is 1. The Bertz CT molecular complexity index is 1010. The smallest absolute Gasteiger partial charge is 0.249 e. The molecular formula is C55H103NO5. The van der Waals surface area contributed by atoms with Gasteiger partial charge in [0.15, 0.2) is 0 Å². The normalized spacial score (nSPS) is 14.3. The lowest BCUT2D eigenvalue weighted by atomic mass is 10.00. The lowest BCUT2D eigenvalue weighted by Gasteiger charge is -2.27. The Kier molecular flexibility index (Phi) is 47.9. The molecule has 0 fully saturated rings. The van der Waals surface area contributed by atoms with Gasteiger partial charge in [0.2, 0.25) is 5.91 Å². The van der Waals surface area contributed by atoms with Crippen LogP contribution < -0.4 is 5.32 Å². The van der Waals surface area contributed by atoms with E-state index in [0.717, 1.165) is 64.2 Å². The number of aliphatic hydroxyl groups excluding tert-OH is 4. The number of carbonyl (C=O) groups is 1. The number of aliphatic hydroxyl groups is 4. The summed E-state index contributed by atoms with van der Waals surface area (Å²) < 4.78 is 0. The molecule has 0 radical (unpaired) electrons. The van der Waals surface area contributed by atoms with E-state index in [1.807, 2.05) is 0 Å². The molecule has 4 atom stereocenters. The average Bonchev–Trinajstić information content (AvgIpc) is 3.26. The highest BCUT2D eigenvalue weighted by atomic mass is 16.3. The summed E-state index contributed by atoms with van der Waals surface area (Å²) in [6.45, 7) is 4.05. The molecular weight excluding hydrogens is 755 g/mol. The maximum atomic E-state index is 12.6. The van der Waals surface area contributed by atoms with Gasteiger partial charge in [-0.25, -0.2) is 0 Å². The first kappa shape index (κ1) is 59.3. The fourth-order valence-electron chi connectivity index (χ4n) is 8.02. The number of hydrogen-bond donors (Lipinski definition) is 5. The number of unbranched alkanes of at least 4 members (excludes halogenated alkanes) is 31. The predicted octanol–water partition coefficient (Wildman–Crippen LogP) is 15.0. The van der Waals surface area contributed by atoms with Crippen molar-refractivity contribution in [2.45, 2.75) is 289 Å². The molecule has 1 amide bonds. The summed E-state index contributed by atoms with van der Waals surface area (Å²) in [6.07, 6.45) is 61.6. The third-order valence-corrected chi connectivity index (χ3v) is 12.2. The quantitative estimate of drug-likeness (QED) is 0.0309. The van der Waals surface area contributed by atoms with Crippen molar-refractivity contribution in [3.8, 4) is 0 Å². The zero-order valence-electron chi connectivity index (χ0n) is 40.4. The van der Waals surface area contributed by atoms with Gasteiger partial charge in [-0.05, 0) is 89.9 Å². The number of hydrogen-bond acceptors (Lipinski definition) is 5. The molecule has 0 aromatic heterocycles. The second-order valence-corrected chi connectivity index (χ2v) is 18.2. The number of amides is 1. The fourth-order valence-corrected chi connectivity index (χ4v) is 8.02. The first-order chi connectivity index (χ1) is 30.0. The van der Waals surface area contributed by atoms with E-state index >= 15 is 0 Å². The first-order valence-corrected chi connectivity index (χ1v) is 26.5. The summed E-state index contributed by atoms with van der Waals surface area (Å²) in [5.41, 5.74) is 0. The molecule has 61 heavy (non-hydrogen) atoms. The van der Waals surface area contributed by atoms with Crippen molar-refractivity contribution in [3.63, 3.8) is 0 Å². The molecule has 0 bridgehead atoms. The SMILES string of the molecule is CCCCCCCCCCCC/C=C\CCCCCCCCC(O)C(=O)NC(CO)C(O)C(O)CCC/C=C/CC/C=C/CC/C=C/CCCCCCCCCCCCCC. The van der Waals surface area contributed by atoms with Crippen molar-refractivity contribution in [2.24, 2.45) is 0 Å². The van der Waals surface area contributed by atoms with Crippen molar-refractivity contribution >= 4 is 5.91 Å². The average molecular weight is 858 g/mol. The summed E-state index contributed by atoms with van der Waals surface area (Å²) in [5, 5.41) is 43.9. The Morgan fingerprint density at radius 1 is 0.393 bits per heavy atom. The second kappa shape index (κ2) is 49.3. The Morgan fingerprint density at radius 3 is 1.03 bits per heavy atom. The van der Waals surface area contributed by atoms with Crippen molar-refractivity contribution in [1.29, 1.82) is 0 Å². The number of rotatable bonds is 48. The van der Waals surface area contributed by atoms with Gasteiger partial charge in [0.05, 0.1) is 18.8 Å². The molecule has 0 aromatic rings. The molecule has 0 rings (SSSR count).